The first-order chi connectivity index (χ1) is 8.64. The topological polar surface area (TPSA) is 163 Å². The number of hydrogen-bond donors (Lipinski definition) is 4. The van der Waals surface area contributed by atoms with E-state index < -0.39 is 22.0 Å². The van der Waals surface area contributed by atoms with Gasteiger partial charge >= 0.3 is 5.97 Å². The van der Waals surface area contributed by atoms with E-state index >= 15 is 0 Å². The number of esters is 1. The maximum atomic E-state index is 10.8. The maximum Gasteiger partial charge on any atom is 0.322 e. The third-order valence-electron chi connectivity index (χ3n) is 1.84. The third kappa shape index (κ3) is 16.6. The number of nitrogens with zero attached hydrogens (tertiary/aromatic N) is 1. The van der Waals surface area contributed by atoms with E-state index in [0.29, 0.717) is 19.4 Å². The molecule has 1 unspecified atom stereocenters. The van der Waals surface area contributed by atoms with E-state index in [-0.39, 0.29) is 5.96 Å². The van der Waals surface area contributed by atoms with Gasteiger partial charge in [0.1, 0.15) is 6.04 Å². The number of methoxy groups -OCH3 is 1. The van der Waals surface area contributed by atoms with Gasteiger partial charge in [0.05, 0.1) is 13.4 Å². The molecule has 10 heteroatoms. The molecule has 0 saturated carbocycles. The quantitative estimate of drug-likeness (QED) is 0.185. The second-order valence-electron chi connectivity index (χ2n) is 3.55. The second kappa shape index (κ2) is 10.5. The molecule has 7 N–H and O–H groups in total. The average Bonchev–Trinajstić information content (AvgIpc) is 2.33. The molecule has 0 aliphatic heterocycles. The van der Waals surface area contributed by atoms with E-state index in [2.05, 4.69) is 14.5 Å². The van der Waals surface area contributed by atoms with Crippen LogP contribution < -0.4 is 21.9 Å². The lowest BCUT2D eigenvalue weighted by atomic mass is 10.2. The maximum absolute atomic E-state index is 10.8. The van der Waals surface area contributed by atoms with E-state index in [1.807, 2.05) is 0 Å². The number of carbonyl (C=O) groups excluding carboxylic acids is 1. The summed E-state index contributed by atoms with van der Waals surface area (Å²) in [6.07, 6.45) is 2.28. The van der Waals surface area contributed by atoms with Crippen molar-refractivity contribution in [3.05, 3.63) is 0 Å². The minimum atomic E-state index is -2.91. The van der Waals surface area contributed by atoms with Gasteiger partial charge in [-0.15, -0.1) is 0 Å². The number of hydrogen-bond acceptors (Lipinski definition) is 6. The summed E-state index contributed by atoms with van der Waals surface area (Å²) in [4.78, 5) is 14.6. The van der Waals surface area contributed by atoms with E-state index in [1.54, 1.807) is 0 Å². The van der Waals surface area contributed by atoms with Crippen LogP contribution in [-0.4, -0.2) is 53.3 Å². The van der Waals surface area contributed by atoms with Gasteiger partial charge in [0.2, 0.25) is 10.0 Å². The van der Waals surface area contributed by atoms with Crippen molar-refractivity contribution in [3.8, 4) is 0 Å². The number of rotatable bonds is 6. The summed E-state index contributed by atoms with van der Waals surface area (Å²) in [5.41, 5.74) is 15.7. The Morgan fingerprint density at radius 1 is 1.42 bits per heavy atom. The molecular formula is C9H23N5O4S. The van der Waals surface area contributed by atoms with Crippen LogP contribution in [0.15, 0.2) is 4.99 Å². The normalized spacial score (nSPS) is 11.8. The number of nitrogens with one attached hydrogen (secondary N) is 1. The van der Waals surface area contributed by atoms with Crippen LogP contribution in [0.3, 0.4) is 0 Å². The Hall–Kier alpha value is -1.39. The van der Waals surface area contributed by atoms with Crippen molar-refractivity contribution in [1.82, 2.24) is 4.72 Å². The zero-order valence-electron chi connectivity index (χ0n) is 11.4. The first-order valence-corrected chi connectivity index (χ1v) is 7.30. The molecule has 0 aromatic heterocycles. The van der Waals surface area contributed by atoms with Crippen molar-refractivity contribution in [1.29, 1.82) is 0 Å². The van der Waals surface area contributed by atoms with Gasteiger partial charge in [0, 0.05) is 6.54 Å². The summed E-state index contributed by atoms with van der Waals surface area (Å²) < 4.78 is 26.3. The van der Waals surface area contributed by atoms with Crippen molar-refractivity contribution >= 4 is 22.0 Å². The first kappa shape index (κ1) is 19.9. The van der Waals surface area contributed by atoms with E-state index in [9.17, 15) is 13.2 Å². The summed E-state index contributed by atoms with van der Waals surface area (Å²) in [6.45, 7) is 0.479. The molecule has 1 atom stereocenters. The Morgan fingerprint density at radius 3 is 2.21 bits per heavy atom. The highest BCUT2D eigenvalue weighted by atomic mass is 32.2. The van der Waals surface area contributed by atoms with Crippen LogP contribution in [0.25, 0.3) is 0 Å². The van der Waals surface area contributed by atoms with Crippen molar-refractivity contribution in [2.45, 2.75) is 18.9 Å². The van der Waals surface area contributed by atoms with Crippen LogP contribution in [0, 0.1) is 0 Å². The highest BCUT2D eigenvalue weighted by Gasteiger charge is 2.11. The summed E-state index contributed by atoms with van der Waals surface area (Å²) in [5.74, 6) is -0.365. The zero-order chi connectivity index (χ0) is 15.5. The van der Waals surface area contributed by atoms with E-state index in [4.69, 9.17) is 17.2 Å². The van der Waals surface area contributed by atoms with Crippen molar-refractivity contribution < 1.29 is 17.9 Å². The molecular weight excluding hydrogens is 274 g/mol. The van der Waals surface area contributed by atoms with Gasteiger partial charge < -0.3 is 21.9 Å². The van der Waals surface area contributed by atoms with Crippen LogP contribution in [0.2, 0.25) is 0 Å². The zero-order valence-corrected chi connectivity index (χ0v) is 12.2. The average molecular weight is 297 g/mol. The molecule has 0 saturated heterocycles. The molecule has 0 bridgehead atoms. The summed E-state index contributed by atoms with van der Waals surface area (Å²) in [7, 11) is -0.238. The minimum absolute atomic E-state index is 0.0478. The molecule has 0 fully saturated rings. The third-order valence-corrected chi connectivity index (χ3v) is 2.58. The van der Waals surface area contributed by atoms with Gasteiger partial charge in [-0.1, -0.05) is 0 Å². The lowest BCUT2D eigenvalue weighted by Crippen LogP contribution is -2.31. The molecule has 0 aliphatic carbocycles. The van der Waals surface area contributed by atoms with Gasteiger partial charge in [-0.25, -0.2) is 13.1 Å². The van der Waals surface area contributed by atoms with Crippen LogP contribution in [0.5, 0.6) is 0 Å². The van der Waals surface area contributed by atoms with Gasteiger partial charge in [-0.2, -0.15) is 0 Å². The SMILES string of the molecule is CNS(C)(=O)=O.COC(=O)C(N)CCCN=C(N)N. The fourth-order valence-corrected chi connectivity index (χ4v) is 0.789. The van der Waals surface area contributed by atoms with Crippen LogP contribution in [0.1, 0.15) is 12.8 Å². The number of carbonyl (C=O) groups is 1. The van der Waals surface area contributed by atoms with Crippen molar-refractivity contribution in [2.24, 2.45) is 22.2 Å². The fourth-order valence-electron chi connectivity index (χ4n) is 0.789. The molecule has 0 spiro atoms. The molecule has 0 aromatic rings. The van der Waals surface area contributed by atoms with Crippen LogP contribution in [0.4, 0.5) is 0 Å². The molecule has 0 aromatic carbocycles. The molecule has 9 nitrogen and oxygen atoms in total. The smallest absolute Gasteiger partial charge is 0.322 e. The minimum Gasteiger partial charge on any atom is -0.468 e. The summed E-state index contributed by atoms with van der Waals surface area (Å²) in [5, 5.41) is 0. The Morgan fingerprint density at radius 2 is 1.89 bits per heavy atom. The Bertz CT molecular complexity index is 378. The van der Waals surface area contributed by atoms with Crippen molar-refractivity contribution in [2.75, 3.05) is 27.0 Å². The fraction of sp³-hybridized carbons (Fsp3) is 0.778. The standard InChI is InChI=1S/C7H16N4O2.C2H7NO2S/c1-13-6(12)5(8)3-2-4-11-7(9)10;1-3-6(2,4)5/h5H,2-4,8H2,1H3,(H4,9,10,11);3H,1-2H3. The number of aliphatic imine (C=N–C) groups is 1. The molecule has 19 heavy (non-hydrogen) atoms. The monoisotopic (exact) mass is 297 g/mol. The van der Waals surface area contributed by atoms with Gasteiger partial charge in [-0.05, 0) is 19.9 Å². The first-order valence-electron chi connectivity index (χ1n) is 5.41. The Labute approximate surface area is 113 Å². The molecule has 0 aliphatic rings. The highest BCUT2D eigenvalue weighted by Crippen LogP contribution is 1.96. The van der Waals surface area contributed by atoms with E-state index in [0.717, 1.165) is 6.26 Å². The molecule has 0 rings (SSSR count). The van der Waals surface area contributed by atoms with E-state index in [1.165, 1.54) is 14.2 Å². The van der Waals surface area contributed by atoms with Crippen molar-refractivity contribution in [3.63, 3.8) is 0 Å². The predicted molar refractivity (Wildman–Crippen MR) is 73.8 cm³/mol. The van der Waals surface area contributed by atoms with Crippen LogP contribution >= 0.6 is 0 Å². The summed E-state index contributed by atoms with van der Waals surface area (Å²) >= 11 is 0. The number of guanidine groups is 1. The van der Waals surface area contributed by atoms with Gasteiger partial charge in [0.15, 0.2) is 5.96 Å². The second-order valence-corrected chi connectivity index (χ2v) is 5.51. The summed E-state index contributed by atoms with van der Waals surface area (Å²) in [6, 6.07) is -0.584. The van der Waals surface area contributed by atoms with Gasteiger partial charge in [-0.3, -0.25) is 9.79 Å². The number of ether oxygens (including phenoxy) is 1. The lowest BCUT2D eigenvalue weighted by Gasteiger charge is -2.07. The van der Waals surface area contributed by atoms with Gasteiger partial charge in [0.25, 0.3) is 0 Å². The number of nitrogens with two attached hydrogens (primary N) is 3. The highest BCUT2D eigenvalue weighted by molar-refractivity contribution is 7.88. The Kier molecular flexibility index (Phi) is 11.0. The Balaban J connectivity index is 0. The molecule has 114 valence electrons. The van der Waals surface area contributed by atoms with Crippen LogP contribution in [-0.2, 0) is 19.6 Å². The largest absolute Gasteiger partial charge is 0.468 e. The lowest BCUT2D eigenvalue weighted by molar-refractivity contribution is -0.142. The molecule has 0 heterocycles. The number of sulfonamides is 1. The molecule has 0 amide bonds. The predicted octanol–water partition coefficient (Wildman–Crippen LogP) is -2.29. The molecule has 0 radical (unpaired) electrons.